The Morgan fingerprint density at radius 3 is 2.71 bits per heavy atom. The van der Waals surface area contributed by atoms with Gasteiger partial charge in [0.1, 0.15) is 11.6 Å². The van der Waals surface area contributed by atoms with Gasteiger partial charge in [-0.1, -0.05) is 12.2 Å². The molecule has 0 saturated heterocycles. The van der Waals surface area contributed by atoms with E-state index in [0.29, 0.717) is 30.5 Å². The number of hydrogen-bond acceptors (Lipinski definition) is 4. The lowest BCUT2D eigenvalue weighted by Gasteiger charge is -2.22. The zero-order valence-electron chi connectivity index (χ0n) is 16.6. The first-order valence-corrected chi connectivity index (χ1v) is 9.77. The Balaban J connectivity index is 1.38. The number of nitriles is 1. The normalized spacial score (nSPS) is 15.4. The van der Waals surface area contributed by atoms with Gasteiger partial charge in [-0.3, -0.25) is 9.48 Å². The maximum atomic E-state index is 13.6. The molecule has 0 fully saturated rings. The van der Waals surface area contributed by atoms with Crippen LogP contribution >= 0.6 is 0 Å². The number of amides is 1. The van der Waals surface area contributed by atoms with Crippen molar-refractivity contribution in [1.29, 1.82) is 5.26 Å². The second-order valence-corrected chi connectivity index (χ2v) is 7.43. The molecule has 1 aromatic heterocycles. The molecule has 3 aromatic rings. The molecule has 156 valence electrons. The lowest BCUT2D eigenvalue weighted by molar-refractivity contribution is -0.133. The summed E-state index contributed by atoms with van der Waals surface area (Å²) in [6.07, 6.45) is 4.26. The van der Waals surface area contributed by atoms with Crippen molar-refractivity contribution in [3.05, 3.63) is 77.5 Å². The number of allylic oxidation sites excluding steroid dienone is 1. The Labute approximate surface area is 177 Å². The van der Waals surface area contributed by atoms with E-state index in [4.69, 9.17) is 5.26 Å². The fraction of sp³-hybridized carbons (Fsp3) is 0.217. The first-order chi connectivity index (χ1) is 14.9. The standard InChI is InChI=1S/C23H19F2N5O/c1-15(14-29-21-4-3-16(12-26)8-18(21)13-28-29)2-5-23(31)30-22(6-7-27-30)17-9-19(24)11-20(25)10-17/h3-4,7-11,13,22H,1-2,5-6,14H2. The van der Waals surface area contributed by atoms with Crippen LogP contribution in [0.5, 0.6) is 0 Å². The zero-order chi connectivity index (χ0) is 22.0. The maximum Gasteiger partial charge on any atom is 0.243 e. The van der Waals surface area contributed by atoms with Gasteiger partial charge in [0, 0.05) is 30.5 Å². The second-order valence-electron chi connectivity index (χ2n) is 7.43. The molecule has 1 amide bonds. The molecule has 0 aliphatic carbocycles. The van der Waals surface area contributed by atoms with E-state index in [2.05, 4.69) is 22.8 Å². The van der Waals surface area contributed by atoms with E-state index in [1.165, 1.54) is 17.1 Å². The van der Waals surface area contributed by atoms with Crippen molar-refractivity contribution in [3.8, 4) is 6.07 Å². The maximum absolute atomic E-state index is 13.6. The summed E-state index contributed by atoms with van der Waals surface area (Å²) >= 11 is 0. The molecule has 0 spiro atoms. The minimum atomic E-state index is -0.684. The van der Waals surface area contributed by atoms with Gasteiger partial charge in [-0.25, -0.2) is 13.8 Å². The van der Waals surface area contributed by atoms with Crippen LogP contribution in [0.25, 0.3) is 10.9 Å². The largest absolute Gasteiger partial charge is 0.273 e. The first kappa shape index (κ1) is 20.4. The first-order valence-electron chi connectivity index (χ1n) is 9.77. The zero-order valence-corrected chi connectivity index (χ0v) is 16.6. The Kier molecular flexibility index (Phi) is 5.58. The number of fused-ring (bicyclic) bond motifs is 1. The number of benzene rings is 2. The number of hydrazone groups is 1. The van der Waals surface area contributed by atoms with Crippen LogP contribution < -0.4 is 0 Å². The summed E-state index contributed by atoms with van der Waals surface area (Å²) in [7, 11) is 0. The van der Waals surface area contributed by atoms with Crippen molar-refractivity contribution >= 4 is 23.0 Å². The van der Waals surface area contributed by atoms with Gasteiger partial charge in [-0.2, -0.15) is 15.5 Å². The summed E-state index contributed by atoms with van der Waals surface area (Å²) < 4.78 is 28.9. The van der Waals surface area contributed by atoms with E-state index in [9.17, 15) is 13.6 Å². The highest BCUT2D eigenvalue weighted by Crippen LogP contribution is 2.30. The van der Waals surface area contributed by atoms with E-state index in [1.54, 1.807) is 29.2 Å². The lowest BCUT2D eigenvalue weighted by atomic mass is 10.0. The number of carbonyl (C=O) groups excluding carboxylic acids is 1. The highest BCUT2D eigenvalue weighted by Gasteiger charge is 2.28. The predicted molar refractivity (Wildman–Crippen MR) is 112 cm³/mol. The van der Waals surface area contributed by atoms with Gasteiger partial charge in [-0.05, 0) is 42.3 Å². The average Bonchev–Trinajstić information content (AvgIpc) is 3.38. The molecule has 0 saturated carbocycles. The summed E-state index contributed by atoms with van der Waals surface area (Å²) in [6, 6.07) is 10.2. The molecule has 0 N–H and O–H groups in total. The number of aromatic nitrogens is 2. The van der Waals surface area contributed by atoms with Gasteiger partial charge in [0.15, 0.2) is 0 Å². The molecule has 1 atom stereocenters. The summed E-state index contributed by atoms with van der Waals surface area (Å²) in [5, 5.41) is 19.6. The fourth-order valence-corrected chi connectivity index (χ4v) is 3.67. The minimum Gasteiger partial charge on any atom is -0.273 e. The molecule has 0 radical (unpaired) electrons. The van der Waals surface area contributed by atoms with Crippen LogP contribution in [-0.4, -0.2) is 26.9 Å². The summed E-state index contributed by atoms with van der Waals surface area (Å²) in [5.74, 6) is -1.61. The molecule has 31 heavy (non-hydrogen) atoms. The van der Waals surface area contributed by atoms with Gasteiger partial charge in [0.25, 0.3) is 0 Å². The smallest absolute Gasteiger partial charge is 0.243 e. The van der Waals surface area contributed by atoms with Crippen molar-refractivity contribution in [2.24, 2.45) is 5.10 Å². The molecule has 2 aromatic carbocycles. The Hall–Kier alpha value is -3.86. The monoisotopic (exact) mass is 419 g/mol. The number of nitrogens with zero attached hydrogens (tertiary/aromatic N) is 5. The van der Waals surface area contributed by atoms with Crippen LogP contribution in [0.15, 0.2) is 59.8 Å². The molecule has 4 rings (SSSR count). The third kappa shape index (κ3) is 4.36. The molecule has 8 heteroatoms. The van der Waals surface area contributed by atoms with Crippen molar-refractivity contribution in [3.63, 3.8) is 0 Å². The van der Waals surface area contributed by atoms with Crippen LogP contribution in [0.4, 0.5) is 8.78 Å². The van der Waals surface area contributed by atoms with E-state index >= 15 is 0 Å². The van der Waals surface area contributed by atoms with Gasteiger partial charge in [0.2, 0.25) is 5.91 Å². The molecule has 1 aliphatic rings. The summed E-state index contributed by atoms with van der Waals surface area (Å²) in [6.45, 7) is 4.48. The number of rotatable bonds is 6. The van der Waals surface area contributed by atoms with E-state index in [1.807, 2.05) is 6.07 Å². The van der Waals surface area contributed by atoms with Crippen LogP contribution in [0, 0.1) is 23.0 Å². The molecule has 0 bridgehead atoms. The minimum absolute atomic E-state index is 0.169. The second kappa shape index (κ2) is 8.48. The molecule has 2 heterocycles. The van der Waals surface area contributed by atoms with Crippen LogP contribution in [0.1, 0.15) is 36.4 Å². The van der Waals surface area contributed by atoms with E-state index in [-0.39, 0.29) is 12.3 Å². The quantitative estimate of drug-likeness (QED) is 0.553. The molecular weight excluding hydrogens is 400 g/mol. The van der Waals surface area contributed by atoms with E-state index < -0.39 is 17.7 Å². The number of halogens is 2. The van der Waals surface area contributed by atoms with Gasteiger partial charge >= 0.3 is 0 Å². The SMILES string of the molecule is C=C(CCC(=O)N1N=CCC1c1cc(F)cc(F)c1)Cn1ncc2cc(C#N)ccc21. The molecule has 1 aliphatic heterocycles. The number of hydrogen-bond donors (Lipinski definition) is 0. The third-order valence-corrected chi connectivity index (χ3v) is 5.19. The fourth-order valence-electron chi connectivity index (χ4n) is 3.67. The van der Waals surface area contributed by atoms with Crippen molar-refractivity contribution < 1.29 is 13.6 Å². The van der Waals surface area contributed by atoms with Crippen LogP contribution in [-0.2, 0) is 11.3 Å². The van der Waals surface area contributed by atoms with Crippen LogP contribution in [0.2, 0.25) is 0 Å². The van der Waals surface area contributed by atoms with Gasteiger partial charge in [-0.15, -0.1) is 0 Å². The summed E-state index contributed by atoms with van der Waals surface area (Å²) in [5.41, 5.74) is 2.63. The third-order valence-electron chi connectivity index (χ3n) is 5.19. The van der Waals surface area contributed by atoms with Crippen LogP contribution in [0.3, 0.4) is 0 Å². The van der Waals surface area contributed by atoms with Crippen molar-refractivity contribution in [2.75, 3.05) is 0 Å². The Bertz CT molecular complexity index is 1220. The van der Waals surface area contributed by atoms with Gasteiger partial charge in [0.05, 0.1) is 35.9 Å². The number of carbonyl (C=O) groups is 1. The molecular formula is C23H19F2N5O. The molecule has 6 nitrogen and oxygen atoms in total. The van der Waals surface area contributed by atoms with Gasteiger partial charge < -0.3 is 0 Å². The molecule has 1 unspecified atom stereocenters. The Morgan fingerprint density at radius 1 is 1.19 bits per heavy atom. The average molecular weight is 419 g/mol. The van der Waals surface area contributed by atoms with Crippen molar-refractivity contribution in [2.45, 2.75) is 31.8 Å². The Morgan fingerprint density at radius 2 is 1.97 bits per heavy atom. The highest BCUT2D eigenvalue weighted by atomic mass is 19.1. The topological polar surface area (TPSA) is 74.3 Å². The van der Waals surface area contributed by atoms with E-state index in [0.717, 1.165) is 22.5 Å². The predicted octanol–water partition coefficient (Wildman–Crippen LogP) is 4.48. The highest BCUT2D eigenvalue weighted by molar-refractivity contribution is 5.81. The summed E-state index contributed by atoms with van der Waals surface area (Å²) in [4.78, 5) is 12.7. The lowest BCUT2D eigenvalue weighted by Crippen LogP contribution is -2.27. The van der Waals surface area contributed by atoms with Crippen molar-refractivity contribution in [1.82, 2.24) is 14.8 Å².